The van der Waals surface area contributed by atoms with Crippen molar-refractivity contribution in [2.75, 3.05) is 56.3 Å². The van der Waals surface area contributed by atoms with Crippen molar-refractivity contribution in [2.45, 2.75) is 133 Å². The highest BCUT2D eigenvalue weighted by atomic mass is 32.2. The number of pyridine rings is 1. The number of nitrogens with zero attached hydrogens (tertiary/aromatic N) is 7. The lowest BCUT2D eigenvalue weighted by Crippen LogP contribution is -2.47. The third kappa shape index (κ3) is 20.5. The summed E-state index contributed by atoms with van der Waals surface area (Å²) in [5.74, 6) is -3.75. The molecular weight excluding hydrogens is 1340 g/mol. The van der Waals surface area contributed by atoms with Crippen LogP contribution in [0.25, 0.3) is 22.1 Å². The minimum atomic E-state index is -4.49. The summed E-state index contributed by atoms with van der Waals surface area (Å²) >= 11 is 0. The Morgan fingerprint density at radius 2 is 1.15 bits per heavy atom. The summed E-state index contributed by atoms with van der Waals surface area (Å²) in [6.07, 6.45) is 4.90. The molecule has 2 aliphatic rings. The minimum absolute atomic E-state index is 0.0255. The molecule has 2 aliphatic heterocycles. The van der Waals surface area contributed by atoms with Gasteiger partial charge in [0, 0.05) is 95.0 Å². The number of rotatable bonds is 35. The number of imidazole rings is 2. The van der Waals surface area contributed by atoms with E-state index in [1.54, 1.807) is 66.4 Å². The summed E-state index contributed by atoms with van der Waals surface area (Å²) in [6.45, 7) is 1.83. The van der Waals surface area contributed by atoms with Gasteiger partial charge in [0.1, 0.15) is 35.6 Å². The molecule has 0 bridgehead atoms. The van der Waals surface area contributed by atoms with E-state index >= 15 is 0 Å². The maximum absolute atomic E-state index is 13.9. The second-order valence-electron chi connectivity index (χ2n) is 25.6. The fourth-order valence-electron chi connectivity index (χ4n) is 12.4. The van der Waals surface area contributed by atoms with Crippen LogP contribution in [0.15, 0.2) is 132 Å². The first-order chi connectivity index (χ1) is 49.5. The maximum atomic E-state index is 13.9. The summed E-state index contributed by atoms with van der Waals surface area (Å²) in [5, 5.41) is 34.3. The highest BCUT2D eigenvalue weighted by Gasteiger charge is 2.34. The van der Waals surface area contributed by atoms with Gasteiger partial charge < -0.3 is 71.8 Å². The predicted octanol–water partition coefficient (Wildman–Crippen LogP) is 6.57. The van der Waals surface area contributed by atoms with Crippen molar-refractivity contribution in [1.82, 2.24) is 65.9 Å². The SMILES string of the molecule is CN(Cc1nc2ccccc2[nH]1)C(=O)c1ccc2c(c1)CN(CCCCCCNC(=O)C(CCC(=O)NCCCCCCN1Cc3ccc(C(=O)N(C)Cc4nc5ccccc5[nH]4)cc3NC(CC(=O)O)C1=O)NC(=O)c1ccc(NNCc3ccccc3S(=O)(=O)O)nc1)C(=O)C(CC(=O)O)N2. The van der Waals surface area contributed by atoms with E-state index in [0.29, 0.717) is 104 Å². The fraction of sp³-hybridized carbons (Fsp3) is 0.361. The second kappa shape index (κ2) is 34.8. The van der Waals surface area contributed by atoms with Crippen molar-refractivity contribution in [3.05, 3.63) is 173 Å². The van der Waals surface area contributed by atoms with Crippen molar-refractivity contribution >= 4 is 103 Å². The molecule has 0 saturated heterocycles. The van der Waals surface area contributed by atoms with Gasteiger partial charge in [-0.1, -0.05) is 74.2 Å². The van der Waals surface area contributed by atoms with Crippen molar-refractivity contribution in [3.63, 3.8) is 0 Å². The van der Waals surface area contributed by atoms with Gasteiger partial charge in [-0.05, 0) is 122 Å². The molecule has 5 aromatic carbocycles. The first kappa shape index (κ1) is 74.4. The smallest absolute Gasteiger partial charge is 0.305 e. The lowest BCUT2D eigenvalue weighted by Gasteiger charge is -2.24. The Hall–Kier alpha value is -11.3. The van der Waals surface area contributed by atoms with Gasteiger partial charge in [-0.3, -0.25) is 47.7 Å². The standard InChI is InChI=1S/C72H84N16O14S/c1-85(43-62-79-52-18-8-9-19-53(52)80-62)69(96)45-25-27-51-50(35-45)42-88(71(98)58(77-51)37-65(90)91)34-16-6-4-14-32-74-68(95)56(83-67(94)48-26-29-61(75-39-48)84-76-40-47-17-7-12-22-60(47)103(100,101)102)28-30-64(89)73-31-13-3-5-15-33-87-41-49-24-23-46(36-57(49)78-59(72(87)99)38-66(92)93)70(97)86(2)44-63-81-54-20-10-11-21-55(54)82-63/h7-12,17-27,29,35-36,39,56,58-59,76-78H,3-6,13-16,28,30-34,37-38,40-44H2,1-2H3,(H,73,89)(H,74,95)(H,75,84)(H,79,80)(H,81,82)(H,83,94)(H,90,91)(H,92,93)(H,100,101,102). The van der Waals surface area contributed by atoms with E-state index in [-0.39, 0.29) is 104 Å². The number of benzene rings is 5. The third-order valence-corrected chi connectivity index (χ3v) is 18.8. The van der Waals surface area contributed by atoms with E-state index < -0.39 is 70.7 Å². The molecule has 0 saturated carbocycles. The molecule has 0 aliphatic carbocycles. The molecular formula is C72H84N16O14S. The number of para-hydroxylation sites is 4. The average molecular weight is 1430 g/mol. The number of carboxylic acids is 2. The number of aromatic amines is 2. The van der Waals surface area contributed by atoms with E-state index in [2.05, 4.69) is 62.4 Å². The predicted molar refractivity (Wildman–Crippen MR) is 381 cm³/mol. The van der Waals surface area contributed by atoms with Crippen molar-refractivity contribution in [3.8, 4) is 0 Å². The highest BCUT2D eigenvalue weighted by molar-refractivity contribution is 7.85. The molecule has 7 amide bonds. The fourth-order valence-corrected chi connectivity index (χ4v) is 13.1. The Balaban J connectivity index is 0.693. The second-order valence-corrected chi connectivity index (χ2v) is 27.0. The van der Waals surface area contributed by atoms with Crippen LogP contribution in [0, 0.1) is 0 Å². The Morgan fingerprint density at radius 1 is 0.612 bits per heavy atom. The number of aliphatic carboxylic acids is 2. The summed E-state index contributed by atoms with van der Waals surface area (Å²) in [5.41, 5.74) is 12.4. The number of unbranched alkanes of at least 4 members (excludes halogenated alkanes) is 6. The number of carbonyl (C=O) groups excluding carboxylic acids is 7. The largest absolute Gasteiger partial charge is 0.481 e. The highest BCUT2D eigenvalue weighted by Crippen LogP contribution is 2.30. The zero-order valence-electron chi connectivity index (χ0n) is 57.1. The molecule has 10 rings (SSSR count). The molecule has 0 spiro atoms. The molecule has 30 nitrogen and oxygen atoms in total. The van der Waals surface area contributed by atoms with Crippen LogP contribution in [-0.4, -0.2) is 179 Å². The van der Waals surface area contributed by atoms with E-state index in [4.69, 9.17) is 0 Å². The molecule has 8 aromatic rings. The zero-order valence-corrected chi connectivity index (χ0v) is 57.9. The molecule has 3 atom stereocenters. The monoisotopic (exact) mass is 1430 g/mol. The van der Waals surface area contributed by atoms with E-state index in [1.165, 1.54) is 46.3 Å². The molecule has 5 heterocycles. The Morgan fingerprint density at radius 3 is 1.73 bits per heavy atom. The Bertz CT molecular complexity index is 4460. The maximum Gasteiger partial charge on any atom is 0.305 e. The van der Waals surface area contributed by atoms with Crippen LogP contribution in [0.5, 0.6) is 0 Å². The summed E-state index contributed by atoms with van der Waals surface area (Å²) in [7, 11) is -1.16. The molecule has 3 unspecified atom stereocenters. The lowest BCUT2D eigenvalue weighted by atomic mass is 10.1. The number of hydrazine groups is 1. The third-order valence-electron chi connectivity index (χ3n) is 17.8. The summed E-state index contributed by atoms with van der Waals surface area (Å²) in [6, 6.07) is 30.7. The van der Waals surface area contributed by atoms with Crippen LogP contribution >= 0.6 is 0 Å². The first-order valence-corrected chi connectivity index (χ1v) is 35.5. The molecule has 0 radical (unpaired) electrons. The molecule has 12 N–H and O–H groups in total. The van der Waals surface area contributed by atoms with Crippen LogP contribution in [0.1, 0.15) is 136 Å². The van der Waals surface area contributed by atoms with Crippen LogP contribution in [-0.2, 0) is 71.6 Å². The minimum Gasteiger partial charge on any atom is -0.481 e. The van der Waals surface area contributed by atoms with Gasteiger partial charge in [-0.2, -0.15) is 8.42 Å². The molecule has 103 heavy (non-hydrogen) atoms. The molecule has 542 valence electrons. The van der Waals surface area contributed by atoms with Crippen molar-refractivity contribution in [1.29, 1.82) is 0 Å². The number of anilines is 3. The average Bonchev–Trinajstić information content (AvgIpc) is 1.41. The van der Waals surface area contributed by atoms with Gasteiger partial charge in [0.05, 0.1) is 58.5 Å². The zero-order chi connectivity index (χ0) is 73.2. The number of fused-ring (bicyclic) bond motifs is 4. The van der Waals surface area contributed by atoms with E-state index in [9.17, 15) is 66.3 Å². The van der Waals surface area contributed by atoms with Crippen LogP contribution in [0.2, 0.25) is 0 Å². The van der Waals surface area contributed by atoms with Crippen LogP contribution in [0.4, 0.5) is 17.2 Å². The number of H-pyrrole nitrogens is 2. The molecule has 31 heteroatoms. The number of aromatic nitrogens is 5. The lowest BCUT2D eigenvalue weighted by molar-refractivity contribution is -0.141. The van der Waals surface area contributed by atoms with Gasteiger partial charge in [0.15, 0.2) is 0 Å². The normalized spacial score (nSPS) is 14.6. The van der Waals surface area contributed by atoms with E-state index in [1.807, 2.05) is 48.5 Å². The summed E-state index contributed by atoms with van der Waals surface area (Å²) in [4.78, 5) is 146. The number of amides is 7. The van der Waals surface area contributed by atoms with Gasteiger partial charge in [0.25, 0.3) is 27.8 Å². The van der Waals surface area contributed by atoms with Crippen molar-refractivity contribution < 1.29 is 66.3 Å². The number of hydrogen-bond donors (Lipinski definition) is 12. The number of carbonyl (C=O) groups is 9. The van der Waals surface area contributed by atoms with Crippen LogP contribution in [0.3, 0.4) is 0 Å². The topological polar surface area (TPSA) is 416 Å². The van der Waals surface area contributed by atoms with Gasteiger partial charge >= 0.3 is 11.9 Å². The first-order valence-electron chi connectivity index (χ1n) is 34.1. The number of hydrogen-bond acceptors (Lipinski definition) is 18. The van der Waals surface area contributed by atoms with Crippen molar-refractivity contribution in [2.24, 2.45) is 0 Å². The molecule has 3 aromatic heterocycles. The number of nitrogens with one attached hydrogen (secondary N) is 9. The van der Waals surface area contributed by atoms with Gasteiger partial charge in [-0.25, -0.2) is 20.4 Å². The van der Waals surface area contributed by atoms with Crippen LogP contribution < -0.4 is 37.4 Å². The number of carboxylic acid groups (broad SMARTS) is 2. The Labute approximate surface area is 593 Å². The Kier molecular flexibility index (Phi) is 25.2. The quantitative estimate of drug-likeness (QED) is 0.0113. The van der Waals surface area contributed by atoms with Gasteiger partial charge in [0.2, 0.25) is 23.6 Å². The molecule has 0 fully saturated rings. The van der Waals surface area contributed by atoms with E-state index in [0.717, 1.165) is 27.6 Å². The summed E-state index contributed by atoms with van der Waals surface area (Å²) < 4.78 is 33.4. The van der Waals surface area contributed by atoms with Gasteiger partial charge in [-0.15, -0.1) is 0 Å².